The summed E-state index contributed by atoms with van der Waals surface area (Å²) in [6.45, 7) is 0.381. The van der Waals surface area contributed by atoms with Crippen molar-refractivity contribution < 1.29 is 13.2 Å². The third-order valence-corrected chi connectivity index (χ3v) is 6.03. The Labute approximate surface area is 127 Å². The third kappa shape index (κ3) is 3.21. The molecule has 1 atom stereocenters. The molecule has 8 heteroatoms. The Hall–Kier alpha value is -0.920. The van der Waals surface area contributed by atoms with Crippen LogP contribution in [0.2, 0.25) is 5.02 Å². The van der Waals surface area contributed by atoms with Crippen LogP contribution in [0, 0.1) is 0 Å². The van der Waals surface area contributed by atoms with Crippen LogP contribution in [0.25, 0.3) is 0 Å². The zero-order chi connectivity index (χ0) is 14.9. The Kier molecular flexibility index (Phi) is 4.51. The Morgan fingerprint density at radius 3 is 2.85 bits per heavy atom. The van der Waals surface area contributed by atoms with Crippen molar-refractivity contribution in [3.63, 3.8) is 0 Å². The summed E-state index contributed by atoms with van der Waals surface area (Å²) in [5.41, 5.74) is 6.32. The molecule has 110 valence electrons. The highest BCUT2D eigenvalue weighted by Gasteiger charge is 2.35. The Morgan fingerprint density at radius 1 is 1.50 bits per heavy atom. The molecule has 0 aliphatic carbocycles. The smallest absolute Gasteiger partial charge is 0.256 e. The molecule has 0 aromatic heterocycles. The largest absolute Gasteiger partial charge is 0.399 e. The van der Waals surface area contributed by atoms with Crippen molar-refractivity contribution in [2.45, 2.75) is 5.37 Å². The van der Waals surface area contributed by atoms with Gasteiger partial charge in [0.05, 0.1) is 10.6 Å². The van der Waals surface area contributed by atoms with Crippen LogP contribution in [-0.2, 0) is 9.84 Å². The maximum atomic E-state index is 12.5. The Bertz CT molecular complexity index is 634. The molecule has 0 radical (unpaired) electrons. The van der Waals surface area contributed by atoms with E-state index in [1.54, 1.807) is 6.07 Å². The lowest BCUT2D eigenvalue weighted by Crippen LogP contribution is -2.50. The fourth-order valence-electron chi connectivity index (χ4n) is 2.03. The van der Waals surface area contributed by atoms with Gasteiger partial charge in [-0.05, 0) is 18.2 Å². The summed E-state index contributed by atoms with van der Waals surface area (Å²) in [6.07, 6.45) is 1.14. The summed E-state index contributed by atoms with van der Waals surface area (Å²) in [5.74, 6) is 0.695. The van der Waals surface area contributed by atoms with E-state index in [4.69, 9.17) is 17.3 Å². The average molecular weight is 335 g/mol. The molecule has 1 aromatic rings. The molecule has 2 rings (SSSR count). The van der Waals surface area contributed by atoms with E-state index in [1.165, 1.54) is 28.8 Å². The highest BCUT2D eigenvalue weighted by molar-refractivity contribution is 8.00. The van der Waals surface area contributed by atoms with E-state index in [0.29, 0.717) is 23.7 Å². The summed E-state index contributed by atoms with van der Waals surface area (Å²) in [7, 11) is -3.34. The molecule has 1 fully saturated rings. The molecular weight excluding hydrogens is 320 g/mol. The molecule has 5 nitrogen and oxygen atoms in total. The van der Waals surface area contributed by atoms with Gasteiger partial charge in [-0.25, -0.2) is 8.42 Å². The molecule has 1 aliphatic rings. The second kappa shape index (κ2) is 5.83. The molecule has 0 bridgehead atoms. The molecular formula is C12H15ClN2O3S2. The van der Waals surface area contributed by atoms with Gasteiger partial charge in [-0.3, -0.25) is 4.79 Å². The van der Waals surface area contributed by atoms with Crippen LogP contribution in [0.3, 0.4) is 0 Å². The number of amides is 1. The number of anilines is 1. The van der Waals surface area contributed by atoms with Gasteiger partial charge in [0.2, 0.25) is 0 Å². The van der Waals surface area contributed by atoms with Crippen LogP contribution in [0.1, 0.15) is 10.4 Å². The second-order valence-corrected chi connectivity index (χ2v) is 8.36. The minimum absolute atomic E-state index is 0.243. The van der Waals surface area contributed by atoms with Crippen LogP contribution in [0.15, 0.2) is 18.2 Å². The summed E-state index contributed by atoms with van der Waals surface area (Å²) in [4.78, 5) is 13.9. The molecule has 2 N–H and O–H groups in total. The highest BCUT2D eigenvalue weighted by Crippen LogP contribution is 2.26. The number of nitrogen functional groups attached to an aromatic ring is 1. The zero-order valence-corrected chi connectivity index (χ0v) is 13.3. The first kappa shape index (κ1) is 15.5. The number of hydrogen-bond donors (Lipinski definition) is 1. The predicted molar refractivity (Wildman–Crippen MR) is 82.9 cm³/mol. The number of sulfone groups is 1. The number of benzene rings is 1. The molecule has 1 saturated heterocycles. The molecule has 0 spiro atoms. The molecule has 1 heterocycles. The van der Waals surface area contributed by atoms with E-state index < -0.39 is 21.1 Å². The van der Waals surface area contributed by atoms with Gasteiger partial charge in [-0.1, -0.05) is 11.6 Å². The fourth-order valence-corrected chi connectivity index (χ4v) is 5.04. The van der Waals surface area contributed by atoms with Crippen molar-refractivity contribution in [3.05, 3.63) is 28.8 Å². The van der Waals surface area contributed by atoms with Gasteiger partial charge in [0.1, 0.15) is 5.37 Å². The van der Waals surface area contributed by atoms with Crippen molar-refractivity contribution >= 4 is 44.8 Å². The van der Waals surface area contributed by atoms with E-state index in [9.17, 15) is 13.2 Å². The lowest BCUT2D eigenvalue weighted by atomic mass is 10.1. The lowest BCUT2D eigenvalue weighted by Gasteiger charge is -2.34. The molecule has 1 amide bonds. The Balaban J connectivity index is 2.37. The van der Waals surface area contributed by atoms with E-state index in [-0.39, 0.29) is 10.6 Å². The van der Waals surface area contributed by atoms with Crippen molar-refractivity contribution in [3.8, 4) is 0 Å². The SMILES string of the molecule is CS(=O)(=O)C1CSCCN1C(=O)c1cc(N)ccc1Cl. The monoisotopic (exact) mass is 334 g/mol. The lowest BCUT2D eigenvalue weighted by molar-refractivity contribution is 0.0750. The van der Waals surface area contributed by atoms with Gasteiger partial charge in [0.15, 0.2) is 9.84 Å². The third-order valence-electron chi connectivity index (χ3n) is 3.06. The summed E-state index contributed by atoms with van der Waals surface area (Å²) < 4.78 is 23.6. The number of hydrogen-bond acceptors (Lipinski definition) is 5. The number of thioether (sulfide) groups is 1. The quantitative estimate of drug-likeness (QED) is 0.829. The first-order valence-corrected chi connectivity index (χ1v) is 9.42. The minimum atomic E-state index is -3.34. The number of nitrogens with zero attached hydrogens (tertiary/aromatic N) is 1. The van der Waals surface area contributed by atoms with Gasteiger partial charge >= 0.3 is 0 Å². The number of rotatable bonds is 2. The van der Waals surface area contributed by atoms with Gasteiger partial charge in [-0.15, -0.1) is 0 Å². The summed E-state index contributed by atoms with van der Waals surface area (Å²) >= 11 is 7.54. The topological polar surface area (TPSA) is 80.5 Å². The van der Waals surface area contributed by atoms with E-state index in [0.717, 1.165) is 6.26 Å². The molecule has 1 aromatic carbocycles. The normalized spacial score (nSPS) is 19.9. The van der Waals surface area contributed by atoms with Gasteiger partial charge in [0, 0.05) is 30.0 Å². The molecule has 1 unspecified atom stereocenters. The van der Waals surface area contributed by atoms with Crippen LogP contribution in [-0.4, -0.2) is 48.9 Å². The maximum absolute atomic E-state index is 12.5. The van der Waals surface area contributed by atoms with E-state index in [2.05, 4.69) is 0 Å². The zero-order valence-electron chi connectivity index (χ0n) is 10.9. The molecule has 1 aliphatic heterocycles. The van der Waals surface area contributed by atoms with Crippen molar-refractivity contribution in [1.82, 2.24) is 4.90 Å². The van der Waals surface area contributed by atoms with E-state index in [1.807, 2.05) is 0 Å². The van der Waals surface area contributed by atoms with Crippen LogP contribution >= 0.6 is 23.4 Å². The summed E-state index contributed by atoms with van der Waals surface area (Å²) in [5, 5.41) is -0.541. The fraction of sp³-hybridized carbons (Fsp3) is 0.417. The second-order valence-electron chi connectivity index (χ2n) is 4.60. The number of nitrogens with two attached hydrogens (primary N) is 1. The number of carbonyl (C=O) groups is 1. The van der Waals surface area contributed by atoms with Crippen molar-refractivity contribution in [2.24, 2.45) is 0 Å². The van der Waals surface area contributed by atoms with Crippen LogP contribution in [0.4, 0.5) is 5.69 Å². The number of carbonyl (C=O) groups excluding carboxylic acids is 1. The van der Waals surface area contributed by atoms with Crippen molar-refractivity contribution in [1.29, 1.82) is 0 Å². The van der Waals surface area contributed by atoms with Crippen molar-refractivity contribution in [2.75, 3.05) is 30.0 Å². The van der Waals surface area contributed by atoms with Gasteiger partial charge < -0.3 is 10.6 Å². The van der Waals surface area contributed by atoms with Crippen LogP contribution < -0.4 is 5.73 Å². The molecule has 0 saturated carbocycles. The van der Waals surface area contributed by atoms with Gasteiger partial charge in [-0.2, -0.15) is 11.8 Å². The predicted octanol–water partition coefficient (Wildman–Crippen LogP) is 1.48. The standard InChI is InChI=1S/C12H15ClN2O3S2/c1-20(17,18)11-7-19-5-4-15(11)12(16)9-6-8(14)2-3-10(9)13/h2-3,6,11H,4-5,7,14H2,1H3. The first-order valence-electron chi connectivity index (χ1n) is 5.93. The Morgan fingerprint density at radius 2 is 2.20 bits per heavy atom. The van der Waals surface area contributed by atoms with Gasteiger partial charge in [0.25, 0.3) is 5.91 Å². The highest BCUT2D eigenvalue weighted by atomic mass is 35.5. The maximum Gasteiger partial charge on any atom is 0.256 e. The summed E-state index contributed by atoms with van der Waals surface area (Å²) in [6, 6.07) is 4.61. The minimum Gasteiger partial charge on any atom is -0.399 e. The number of halogens is 1. The van der Waals surface area contributed by atoms with E-state index >= 15 is 0 Å². The average Bonchev–Trinajstić information content (AvgIpc) is 2.40. The first-order chi connectivity index (χ1) is 9.30. The molecule has 20 heavy (non-hydrogen) atoms. The van der Waals surface area contributed by atoms with Crippen LogP contribution in [0.5, 0.6) is 0 Å².